The highest BCUT2D eigenvalue weighted by Crippen LogP contribution is 2.34. The second kappa shape index (κ2) is 7.02. The van der Waals surface area contributed by atoms with Crippen LogP contribution >= 0.6 is 34.3 Å². The molecule has 6 heteroatoms. The molecule has 20 heavy (non-hydrogen) atoms. The van der Waals surface area contributed by atoms with E-state index in [1.807, 2.05) is 38.1 Å². The van der Waals surface area contributed by atoms with Gasteiger partial charge in [0.1, 0.15) is 9.88 Å². The standard InChI is InChI=1S/C14H15ClN2OS2/c1-3-4-5-8-16-13(18)12-9(2)17-14(20-12)10-6-7-11(15)19-10/h3-4,6-7H,5,8H2,1-2H3,(H,16,18)/b4-3+. The molecule has 0 bridgehead atoms. The van der Waals surface area contributed by atoms with Crippen LogP contribution in [0.3, 0.4) is 0 Å². The van der Waals surface area contributed by atoms with Crippen LogP contribution in [0.5, 0.6) is 0 Å². The molecule has 3 nitrogen and oxygen atoms in total. The van der Waals surface area contributed by atoms with Gasteiger partial charge >= 0.3 is 0 Å². The van der Waals surface area contributed by atoms with Gasteiger partial charge in [-0.1, -0.05) is 23.8 Å². The Morgan fingerprint density at radius 2 is 2.25 bits per heavy atom. The summed E-state index contributed by atoms with van der Waals surface area (Å²) in [4.78, 5) is 18.2. The normalized spacial score (nSPS) is 11.2. The summed E-state index contributed by atoms with van der Waals surface area (Å²) in [7, 11) is 0. The van der Waals surface area contributed by atoms with E-state index in [-0.39, 0.29) is 5.91 Å². The third-order valence-electron chi connectivity index (χ3n) is 2.62. The van der Waals surface area contributed by atoms with E-state index in [9.17, 15) is 4.79 Å². The average molecular weight is 327 g/mol. The molecule has 1 N–H and O–H groups in total. The lowest BCUT2D eigenvalue weighted by Gasteiger charge is -2.00. The van der Waals surface area contributed by atoms with E-state index >= 15 is 0 Å². The molecule has 0 spiro atoms. The highest BCUT2D eigenvalue weighted by atomic mass is 35.5. The van der Waals surface area contributed by atoms with Crippen LogP contribution in [0, 0.1) is 6.92 Å². The van der Waals surface area contributed by atoms with E-state index < -0.39 is 0 Å². The van der Waals surface area contributed by atoms with E-state index in [2.05, 4.69) is 10.3 Å². The number of carbonyl (C=O) groups excluding carboxylic acids is 1. The molecule has 0 saturated carbocycles. The van der Waals surface area contributed by atoms with Gasteiger partial charge in [-0.25, -0.2) is 4.98 Å². The van der Waals surface area contributed by atoms with Crippen LogP contribution in [0.4, 0.5) is 0 Å². The van der Waals surface area contributed by atoms with Crippen LogP contribution < -0.4 is 5.32 Å². The molecule has 0 aliphatic heterocycles. The highest BCUT2D eigenvalue weighted by Gasteiger charge is 2.16. The number of nitrogens with one attached hydrogen (secondary N) is 1. The van der Waals surface area contributed by atoms with Gasteiger partial charge in [0.2, 0.25) is 0 Å². The zero-order valence-corrected chi connectivity index (χ0v) is 13.7. The molecule has 106 valence electrons. The smallest absolute Gasteiger partial charge is 0.263 e. The largest absolute Gasteiger partial charge is 0.351 e. The third-order valence-corrected chi connectivity index (χ3v) is 5.18. The number of thiophene rings is 1. The van der Waals surface area contributed by atoms with Gasteiger partial charge in [-0.2, -0.15) is 0 Å². The molecule has 0 atom stereocenters. The van der Waals surface area contributed by atoms with Crippen molar-refractivity contribution in [3.63, 3.8) is 0 Å². The number of thiazole rings is 1. The van der Waals surface area contributed by atoms with Crippen molar-refractivity contribution in [2.45, 2.75) is 20.3 Å². The van der Waals surface area contributed by atoms with Crippen molar-refractivity contribution in [3.05, 3.63) is 39.2 Å². The molecule has 0 fully saturated rings. The Kier molecular flexibility index (Phi) is 5.34. The molecule has 2 aromatic rings. The molecule has 0 saturated heterocycles. The van der Waals surface area contributed by atoms with Gasteiger partial charge in [0.15, 0.2) is 0 Å². The highest BCUT2D eigenvalue weighted by molar-refractivity contribution is 7.24. The van der Waals surface area contributed by atoms with Gasteiger partial charge < -0.3 is 5.32 Å². The molecule has 0 aromatic carbocycles. The minimum absolute atomic E-state index is 0.0570. The van der Waals surface area contributed by atoms with Gasteiger partial charge in [0.25, 0.3) is 5.91 Å². The molecule has 1 amide bonds. The van der Waals surface area contributed by atoms with Crippen LogP contribution in [0.15, 0.2) is 24.3 Å². The quantitative estimate of drug-likeness (QED) is 0.648. The summed E-state index contributed by atoms with van der Waals surface area (Å²) >= 11 is 8.81. The number of allylic oxidation sites excluding steroid dienone is 1. The summed E-state index contributed by atoms with van der Waals surface area (Å²) in [5.41, 5.74) is 0.762. The lowest BCUT2D eigenvalue weighted by atomic mass is 10.3. The molecule has 2 aromatic heterocycles. The van der Waals surface area contributed by atoms with Crippen LogP contribution in [-0.4, -0.2) is 17.4 Å². The zero-order valence-electron chi connectivity index (χ0n) is 11.3. The number of hydrogen-bond donors (Lipinski definition) is 1. The number of amides is 1. The Morgan fingerprint density at radius 3 is 2.90 bits per heavy atom. The fraction of sp³-hybridized carbons (Fsp3) is 0.286. The number of rotatable bonds is 5. The number of halogens is 1. The van der Waals surface area contributed by atoms with Crippen LogP contribution in [0.1, 0.15) is 28.7 Å². The average Bonchev–Trinajstić information content (AvgIpc) is 3.00. The first-order valence-electron chi connectivity index (χ1n) is 6.24. The van der Waals surface area contributed by atoms with Crippen molar-refractivity contribution in [2.75, 3.05) is 6.54 Å². The minimum Gasteiger partial charge on any atom is -0.351 e. The Labute approximate surface area is 131 Å². The van der Waals surface area contributed by atoms with Crippen molar-refractivity contribution in [1.82, 2.24) is 10.3 Å². The summed E-state index contributed by atoms with van der Waals surface area (Å²) in [6.45, 7) is 4.46. The third kappa shape index (κ3) is 3.69. The van der Waals surface area contributed by atoms with Crippen molar-refractivity contribution >= 4 is 40.2 Å². The summed E-state index contributed by atoms with van der Waals surface area (Å²) in [5.74, 6) is -0.0570. The predicted molar refractivity (Wildman–Crippen MR) is 86.9 cm³/mol. The summed E-state index contributed by atoms with van der Waals surface area (Å²) in [6, 6.07) is 3.77. The van der Waals surface area contributed by atoms with Crippen LogP contribution in [0.25, 0.3) is 9.88 Å². The second-order valence-electron chi connectivity index (χ2n) is 4.15. The molecule has 2 heterocycles. The molecule has 0 unspecified atom stereocenters. The second-order valence-corrected chi connectivity index (χ2v) is 6.87. The fourth-order valence-electron chi connectivity index (χ4n) is 1.66. The predicted octanol–water partition coefficient (Wildman–Crippen LogP) is 4.53. The van der Waals surface area contributed by atoms with Gasteiger partial charge in [0.05, 0.1) is 14.9 Å². The van der Waals surface area contributed by atoms with E-state index in [0.29, 0.717) is 11.4 Å². The van der Waals surface area contributed by atoms with Crippen LogP contribution in [0.2, 0.25) is 4.34 Å². The van der Waals surface area contributed by atoms with E-state index in [1.54, 1.807) is 0 Å². The topological polar surface area (TPSA) is 42.0 Å². The molecular weight excluding hydrogens is 312 g/mol. The van der Waals surface area contributed by atoms with E-state index in [1.165, 1.54) is 22.7 Å². The summed E-state index contributed by atoms with van der Waals surface area (Å²) < 4.78 is 0.727. The molecule has 0 aliphatic rings. The van der Waals surface area contributed by atoms with Gasteiger partial charge in [-0.15, -0.1) is 22.7 Å². The molecular formula is C14H15ClN2OS2. The van der Waals surface area contributed by atoms with Crippen molar-refractivity contribution < 1.29 is 4.79 Å². The van der Waals surface area contributed by atoms with Gasteiger partial charge in [-0.3, -0.25) is 4.79 Å². The first-order chi connectivity index (χ1) is 9.61. The van der Waals surface area contributed by atoms with Crippen molar-refractivity contribution in [1.29, 1.82) is 0 Å². The maximum Gasteiger partial charge on any atom is 0.263 e. The fourth-order valence-corrected chi connectivity index (χ4v) is 3.74. The molecule has 2 rings (SSSR count). The first-order valence-corrected chi connectivity index (χ1v) is 8.25. The number of aryl methyl sites for hydroxylation is 1. The summed E-state index contributed by atoms with van der Waals surface area (Å²) in [6.07, 6.45) is 4.84. The van der Waals surface area contributed by atoms with E-state index in [4.69, 9.17) is 11.6 Å². The molecule has 0 radical (unpaired) electrons. The monoisotopic (exact) mass is 326 g/mol. The Hall–Kier alpha value is -1.17. The Morgan fingerprint density at radius 1 is 1.45 bits per heavy atom. The zero-order chi connectivity index (χ0) is 14.5. The number of aromatic nitrogens is 1. The van der Waals surface area contributed by atoms with Gasteiger partial charge in [-0.05, 0) is 32.4 Å². The minimum atomic E-state index is -0.0570. The number of carbonyl (C=O) groups is 1. The lowest BCUT2D eigenvalue weighted by molar-refractivity contribution is 0.0957. The SMILES string of the molecule is C/C=C/CCNC(=O)c1sc(-c2ccc(Cl)s2)nc1C. The number of nitrogens with zero attached hydrogens (tertiary/aromatic N) is 1. The van der Waals surface area contributed by atoms with E-state index in [0.717, 1.165) is 26.3 Å². The van der Waals surface area contributed by atoms with Crippen molar-refractivity contribution in [2.24, 2.45) is 0 Å². The summed E-state index contributed by atoms with van der Waals surface area (Å²) in [5, 5.41) is 3.75. The number of hydrogen-bond acceptors (Lipinski definition) is 4. The van der Waals surface area contributed by atoms with Crippen LogP contribution in [-0.2, 0) is 0 Å². The van der Waals surface area contributed by atoms with Gasteiger partial charge in [0, 0.05) is 6.54 Å². The van der Waals surface area contributed by atoms with Crippen molar-refractivity contribution in [3.8, 4) is 9.88 Å². The Balaban J connectivity index is 2.09. The first kappa shape index (κ1) is 15.2. The lowest BCUT2D eigenvalue weighted by Crippen LogP contribution is -2.23. The maximum atomic E-state index is 12.1. The Bertz CT molecular complexity index is 631. The molecule has 0 aliphatic carbocycles. The maximum absolute atomic E-state index is 12.1.